The monoisotopic (exact) mass is 413 g/mol. The van der Waals surface area contributed by atoms with E-state index in [0.29, 0.717) is 11.3 Å². The second-order valence-corrected chi connectivity index (χ2v) is 7.37. The van der Waals surface area contributed by atoms with Crippen molar-refractivity contribution in [1.82, 2.24) is 5.32 Å². The van der Waals surface area contributed by atoms with Gasteiger partial charge in [0.25, 0.3) is 0 Å². The number of benzene rings is 2. The SMILES string of the molecule is CC1=C(C(=O)OCc2ccc(C)cc2)[C@H](c2ccc(Br)cc2)CC(=O)N1. The summed E-state index contributed by atoms with van der Waals surface area (Å²) in [5.74, 6) is -0.788. The lowest BCUT2D eigenvalue weighted by atomic mass is 9.84. The van der Waals surface area contributed by atoms with Gasteiger partial charge in [0.05, 0.1) is 5.57 Å². The van der Waals surface area contributed by atoms with Crippen LogP contribution < -0.4 is 5.32 Å². The molecule has 0 fully saturated rings. The van der Waals surface area contributed by atoms with Crippen molar-refractivity contribution < 1.29 is 14.3 Å². The van der Waals surface area contributed by atoms with Crippen LogP contribution in [0.2, 0.25) is 0 Å². The van der Waals surface area contributed by atoms with Crippen molar-refractivity contribution in [2.75, 3.05) is 0 Å². The van der Waals surface area contributed by atoms with Crippen LogP contribution in [-0.4, -0.2) is 11.9 Å². The first-order valence-corrected chi connectivity index (χ1v) is 9.22. The Morgan fingerprint density at radius 2 is 1.77 bits per heavy atom. The number of carbonyl (C=O) groups is 2. The molecule has 0 saturated carbocycles. The number of esters is 1. The van der Waals surface area contributed by atoms with Crippen LogP contribution in [0.25, 0.3) is 0 Å². The van der Waals surface area contributed by atoms with Crippen molar-refractivity contribution in [3.05, 3.63) is 81.0 Å². The normalized spacial score (nSPS) is 17.0. The third-order valence-corrected chi connectivity index (χ3v) is 4.98. The molecule has 2 aromatic rings. The molecule has 3 rings (SSSR count). The predicted octanol–water partition coefficient (Wildman–Crippen LogP) is 4.38. The Bertz CT molecular complexity index is 854. The van der Waals surface area contributed by atoms with E-state index in [1.807, 2.05) is 55.5 Å². The highest BCUT2D eigenvalue weighted by molar-refractivity contribution is 9.10. The average Bonchev–Trinajstić information content (AvgIpc) is 2.61. The minimum Gasteiger partial charge on any atom is -0.457 e. The number of carbonyl (C=O) groups excluding carboxylic acids is 2. The zero-order valence-electron chi connectivity index (χ0n) is 14.7. The number of ether oxygens (including phenoxy) is 1. The van der Waals surface area contributed by atoms with Crippen LogP contribution in [0.1, 0.15) is 36.0 Å². The molecule has 0 bridgehead atoms. The molecule has 2 aromatic carbocycles. The number of halogens is 1. The third kappa shape index (κ3) is 4.22. The molecule has 0 aliphatic carbocycles. The fourth-order valence-electron chi connectivity index (χ4n) is 3.06. The van der Waals surface area contributed by atoms with Gasteiger partial charge in [-0.1, -0.05) is 57.9 Å². The molecule has 1 aliphatic heterocycles. The lowest BCUT2D eigenvalue weighted by Crippen LogP contribution is -2.34. The summed E-state index contributed by atoms with van der Waals surface area (Å²) in [4.78, 5) is 24.8. The smallest absolute Gasteiger partial charge is 0.336 e. The molecule has 26 heavy (non-hydrogen) atoms. The molecule has 5 heteroatoms. The van der Waals surface area contributed by atoms with Gasteiger partial charge in [-0.2, -0.15) is 0 Å². The van der Waals surface area contributed by atoms with E-state index in [4.69, 9.17) is 4.74 Å². The summed E-state index contributed by atoms with van der Waals surface area (Å²) in [6.07, 6.45) is 0.230. The van der Waals surface area contributed by atoms with Gasteiger partial charge in [-0.05, 0) is 37.1 Å². The van der Waals surface area contributed by atoms with Crippen LogP contribution in [0, 0.1) is 6.92 Å². The summed E-state index contributed by atoms with van der Waals surface area (Å²) >= 11 is 3.41. The molecule has 1 atom stereocenters. The number of rotatable bonds is 4. The molecule has 0 radical (unpaired) electrons. The van der Waals surface area contributed by atoms with Crippen LogP contribution in [-0.2, 0) is 20.9 Å². The standard InChI is InChI=1S/C21H20BrNO3/c1-13-3-5-15(6-4-13)12-26-21(25)20-14(2)23-19(24)11-18(20)16-7-9-17(22)10-8-16/h3-10,18H,11-12H2,1-2H3,(H,23,24)/t18-/m0/s1. The molecule has 134 valence electrons. The van der Waals surface area contributed by atoms with E-state index < -0.39 is 5.97 Å². The van der Waals surface area contributed by atoms with E-state index in [9.17, 15) is 9.59 Å². The first kappa shape index (κ1) is 18.4. The second kappa shape index (κ2) is 7.87. The topological polar surface area (TPSA) is 55.4 Å². The Morgan fingerprint density at radius 3 is 2.42 bits per heavy atom. The third-order valence-electron chi connectivity index (χ3n) is 4.45. The molecule has 0 unspecified atom stereocenters. The maximum absolute atomic E-state index is 12.8. The summed E-state index contributed by atoms with van der Waals surface area (Å²) in [6, 6.07) is 15.5. The van der Waals surface area contributed by atoms with Crippen LogP contribution in [0.4, 0.5) is 0 Å². The van der Waals surface area contributed by atoms with Crippen molar-refractivity contribution in [3.63, 3.8) is 0 Å². The predicted molar refractivity (Wildman–Crippen MR) is 103 cm³/mol. The number of hydrogen-bond acceptors (Lipinski definition) is 3. The van der Waals surface area contributed by atoms with Crippen molar-refractivity contribution in [1.29, 1.82) is 0 Å². The van der Waals surface area contributed by atoms with Gasteiger partial charge in [0.1, 0.15) is 6.61 Å². The first-order valence-electron chi connectivity index (χ1n) is 8.43. The largest absolute Gasteiger partial charge is 0.457 e. The van der Waals surface area contributed by atoms with Gasteiger partial charge in [0.15, 0.2) is 0 Å². The Balaban J connectivity index is 1.82. The van der Waals surface area contributed by atoms with Gasteiger partial charge in [-0.15, -0.1) is 0 Å². The van der Waals surface area contributed by atoms with Crippen molar-refractivity contribution in [2.24, 2.45) is 0 Å². The van der Waals surface area contributed by atoms with Crippen molar-refractivity contribution in [2.45, 2.75) is 32.8 Å². The molecular weight excluding hydrogens is 394 g/mol. The summed E-state index contributed by atoms with van der Waals surface area (Å²) in [5.41, 5.74) is 4.08. The minimum absolute atomic E-state index is 0.0921. The van der Waals surface area contributed by atoms with Gasteiger partial charge >= 0.3 is 5.97 Å². The van der Waals surface area contributed by atoms with Gasteiger partial charge in [-0.3, -0.25) is 4.79 Å². The lowest BCUT2D eigenvalue weighted by Gasteiger charge is -2.26. The van der Waals surface area contributed by atoms with E-state index in [-0.39, 0.29) is 24.9 Å². The van der Waals surface area contributed by atoms with Crippen molar-refractivity contribution in [3.8, 4) is 0 Å². The highest BCUT2D eigenvalue weighted by Crippen LogP contribution is 2.34. The van der Waals surface area contributed by atoms with Crippen LogP contribution >= 0.6 is 15.9 Å². The highest BCUT2D eigenvalue weighted by Gasteiger charge is 2.32. The molecule has 1 aliphatic rings. The van der Waals surface area contributed by atoms with Gasteiger partial charge in [0, 0.05) is 22.5 Å². The van der Waals surface area contributed by atoms with E-state index in [0.717, 1.165) is 21.2 Å². The molecule has 0 aromatic heterocycles. The lowest BCUT2D eigenvalue weighted by molar-refractivity contribution is -0.141. The summed E-state index contributed by atoms with van der Waals surface area (Å²) < 4.78 is 6.48. The zero-order valence-corrected chi connectivity index (χ0v) is 16.3. The first-order chi connectivity index (χ1) is 12.4. The van der Waals surface area contributed by atoms with E-state index in [1.54, 1.807) is 6.92 Å². The maximum atomic E-state index is 12.8. The molecule has 1 amide bonds. The fourth-order valence-corrected chi connectivity index (χ4v) is 3.33. The maximum Gasteiger partial charge on any atom is 0.336 e. The van der Waals surface area contributed by atoms with Gasteiger partial charge < -0.3 is 10.1 Å². The molecular formula is C21H20BrNO3. The van der Waals surface area contributed by atoms with Gasteiger partial charge in [-0.25, -0.2) is 4.79 Å². The van der Waals surface area contributed by atoms with Gasteiger partial charge in [0.2, 0.25) is 5.91 Å². The molecule has 1 N–H and O–H groups in total. The molecule has 4 nitrogen and oxygen atoms in total. The van der Waals surface area contributed by atoms with Crippen LogP contribution in [0.5, 0.6) is 0 Å². The zero-order chi connectivity index (χ0) is 18.7. The number of amides is 1. The number of hydrogen-bond donors (Lipinski definition) is 1. The summed E-state index contributed by atoms with van der Waals surface area (Å²) in [7, 11) is 0. The minimum atomic E-state index is -0.393. The Kier molecular flexibility index (Phi) is 5.57. The quantitative estimate of drug-likeness (QED) is 0.756. The molecule has 1 heterocycles. The second-order valence-electron chi connectivity index (χ2n) is 6.46. The Hall–Kier alpha value is -2.40. The van der Waals surface area contributed by atoms with Crippen LogP contribution in [0.3, 0.4) is 0 Å². The Morgan fingerprint density at radius 1 is 1.12 bits per heavy atom. The Labute approximate surface area is 161 Å². The molecule has 0 saturated heterocycles. The van der Waals surface area contributed by atoms with E-state index in [1.165, 1.54) is 0 Å². The van der Waals surface area contributed by atoms with E-state index >= 15 is 0 Å². The average molecular weight is 414 g/mol. The van der Waals surface area contributed by atoms with Crippen molar-refractivity contribution >= 4 is 27.8 Å². The summed E-state index contributed by atoms with van der Waals surface area (Å²) in [5, 5.41) is 2.76. The number of aryl methyl sites for hydroxylation is 1. The van der Waals surface area contributed by atoms with E-state index in [2.05, 4.69) is 21.2 Å². The number of allylic oxidation sites excluding steroid dienone is 1. The fraction of sp³-hybridized carbons (Fsp3) is 0.238. The number of nitrogens with one attached hydrogen (secondary N) is 1. The molecule has 0 spiro atoms. The van der Waals surface area contributed by atoms with Crippen LogP contribution in [0.15, 0.2) is 64.3 Å². The highest BCUT2D eigenvalue weighted by atomic mass is 79.9. The summed E-state index contributed by atoms with van der Waals surface area (Å²) in [6.45, 7) is 3.96.